The summed E-state index contributed by atoms with van der Waals surface area (Å²) in [7, 11) is 0. The molecule has 4 atom stereocenters. The second kappa shape index (κ2) is 3.80. The van der Waals surface area contributed by atoms with Crippen LogP contribution < -0.4 is 0 Å². The molecule has 0 aliphatic heterocycles. The Bertz CT molecular complexity index is 122. The molecule has 0 spiro atoms. The van der Waals surface area contributed by atoms with Crippen LogP contribution in [0.15, 0.2) is 0 Å². The molecule has 1 aliphatic carbocycles. The predicted octanol–water partition coefficient (Wildman–Crippen LogP) is 3.69. The van der Waals surface area contributed by atoms with E-state index in [1.807, 2.05) is 0 Å². The van der Waals surface area contributed by atoms with Gasteiger partial charge in [-0.25, -0.2) is 0 Å². The number of hydrogen-bond donors (Lipinski definition) is 0. The van der Waals surface area contributed by atoms with Gasteiger partial charge in [-0.15, -0.1) is 11.6 Å². The van der Waals surface area contributed by atoms with E-state index in [2.05, 4.69) is 20.8 Å². The summed E-state index contributed by atoms with van der Waals surface area (Å²) in [4.78, 5) is 0. The van der Waals surface area contributed by atoms with Crippen molar-refractivity contribution in [3.63, 3.8) is 0 Å². The van der Waals surface area contributed by atoms with E-state index >= 15 is 0 Å². The summed E-state index contributed by atoms with van der Waals surface area (Å²) in [5.41, 5.74) is 0. The van der Waals surface area contributed by atoms with Gasteiger partial charge < -0.3 is 0 Å². The van der Waals surface area contributed by atoms with E-state index in [9.17, 15) is 0 Å². The standard InChI is InChI=1S/C10H19Cl/c1-4-5-10(11)9-6-7(2)8(9)3/h7-10H,4-6H2,1-3H3. The first-order chi connectivity index (χ1) is 5.16. The number of hydrogen-bond acceptors (Lipinski definition) is 0. The van der Waals surface area contributed by atoms with Crippen molar-refractivity contribution in [3.8, 4) is 0 Å². The minimum atomic E-state index is 0.450. The van der Waals surface area contributed by atoms with Crippen molar-refractivity contribution in [3.05, 3.63) is 0 Å². The third-order valence-corrected chi connectivity index (χ3v) is 3.79. The molecular weight excluding hydrogens is 156 g/mol. The second-order valence-electron chi connectivity index (χ2n) is 4.04. The van der Waals surface area contributed by atoms with Crippen molar-refractivity contribution < 1.29 is 0 Å². The van der Waals surface area contributed by atoms with Gasteiger partial charge in [-0.1, -0.05) is 27.2 Å². The highest BCUT2D eigenvalue weighted by Gasteiger charge is 2.38. The molecule has 1 heteroatoms. The quantitative estimate of drug-likeness (QED) is 0.573. The minimum Gasteiger partial charge on any atom is -0.123 e. The average molecular weight is 175 g/mol. The van der Waals surface area contributed by atoms with Gasteiger partial charge in [-0.2, -0.15) is 0 Å². The summed E-state index contributed by atoms with van der Waals surface area (Å²) in [6, 6.07) is 0. The lowest BCUT2D eigenvalue weighted by Crippen LogP contribution is -2.38. The van der Waals surface area contributed by atoms with Crippen molar-refractivity contribution in [2.24, 2.45) is 17.8 Å². The molecule has 11 heavy (non-hydrogen) atoms. The Hall–Kier alpha value is 0.290. The third-order valence-electron chi connectivity index (χ3n) is 3.25. The molecule has 0 aromatic heterocycles. The van der Waals surface area contributed by atoms with Crippen LogP contribution in [0.3, 0.4) is 0 Å². The Morgan fingerprint density at radius 1 is 1.45 bits per heavy atom. The molecular formula is C10H19Cl. The van der Waals surface area contributed by atoms with Crippen LogP contribution in [-0.4, -0.2) is 5.38 Å². The van der Waals surface area contributed by atoms with Crippen molar-refractivity contribution in [1.29, 1.82) is 0 Å². The molecule has 0 N–H and O–H groups in total. The van der Waals surface area contributed by atoms with Crippen molar-refractivity contribution in [1.82, 2.24) is 0 Å². The topological polar surface area (TPSA) is 0 Å². The van der Waals surface area contributed by atoms with Gasteiger partial charge in [0.25, 0.3) is 0 Å². The Labute approximate surface area is 75.3 Å². The summed E-state index contributed by atoms with van der Waals surface area (Å²) >= 11 is 6.24. The van der Waals surface area contributed by atoms with Gasteiger partial charge in [0.1, 0.15) is 0 Å². The lowest BCUT2D eigenvalue weighted by molar-refractivity contribution is 0.0965. The van der Waals surface area contributed by atoms with Crippen LogP contribution in [0.1, 0.15) is 40.0 Å². The Balaban J connectivity index is 2.27. The van der Waals surface area contributed by atoms with E-state index in [-0.39, 0.29) is 0 Å². The molecule has 0 saturated heterocycles. The maximum Gasteiger partial charge on any atom is 0.0366 e. The zero-order valence-electron chi connectivity index (χ0n) is 7.81. The van der Waals surface area contributed by atoms with Crippen LogP contribution in [0.4, 0.5) is 0 Å². The summed E-state index contributed by atoms with van der Waals surface area (Å²) in [6.07, 6.45) is 3.78. The SMILES string of the molecule is CCCC(Cl)C1CC(C)C1C. The molecule has 66 valence electrons. The van der Waals surface area contributed by atoms with E-state index in [1.165, 1.54) is 19.3 Å². The van der Waals surface area contributed by atoms with Gasteiger partial charge >= 0.3 is 0 Å². The fourth-order valence-electron chi connectivity index (χ4n) is 2.05. The molecule has 0 amide bonds. The van der Waals surface area contributed by atoms with Crippen LogP contribution in [0, 0.1) is 17.8 Å². The summed E-state index contributed by atoms with van der Waals surface area (Å²) in [5.74, 6) is 2.59. The minimum absolute atomic E-state index is 0.450. The maximum atomic E-state index is 6.24. The van der Waals surface area contributed by atoms with Gasteiger partial charge in [-0.3, -0.25) is 0 Å². The summed E-state index contributed by atoms with van der Waals surface area (Å²) < 4.78 is 0. The van der Waals surface area contributed by atoms with Crippen LogP contribution >= 0.6 is 11.6 Å². The molecule has 0 nitrogen and oxygen atoms in total. The summed E-state index contributed by atoms with van der Waals surface area (Å²) in [6.45, 7) is 6.88. The van der Waals surface area contributed by atoms with E-state index in [0.717, 1.165) is 17.8 Å². The normalized spacial score (nSPS) is 39.8. The zero-order chi connectivity index (χ0) is 8.43. The predicted molar refractivity (Wildman–Crippen MR) is 51.0 cm³/mol. The first-order valence-corrected chi connectivity index (χ1v) is 5.24. The molecule has 4 unspecified atom stereocenters. The zero-order valence-corrected chi connectivity index (χ0v) is 8.56. The van der Waals surface area contributed by atoms with Crippen LogP contribution in [0.2, 0.25) is 0 Å². The lowest BCUT2D eigenvalue weighted by atomic mass is 9.65. The largest absolute Gasteiger partial charge is 0.123 e. The number of halogens is 1. The monoisotopic (exact) mass is 174 g/mol. The highest BCUT2D eigenvalue weighted by molar-refractivity contribution is 6.20. The van der Waals surface area contributed by atoms with Crippen molar-refractivity contribution in [2.45, 2.75) is 45.4 Å². The van der Waals surface area contributed by atoms with Crippen LogP contribution in [0.25, 0.3) is 0 Å². The smallest absolute Gasteiger partial charge is 0.0366 e. The van der Waals surface area contributed by atoms with Crippen molar-refractivity contribution in [2.75, 3.05) is 0 Å². The second-order valence-corrected chi connectivity index (χ2v) is 4.60. The molecule has 0 bridgehead atoms. The molecule has 1 rings (SSSR count). The maximum absolute atomic E-state index is 6.24. The molecule has 0 heterocycles. The fraction of sp³-hybridized carbons (Fsp3) is 1.00. The molecule has 0 aromatic carbocycles. The van der Waals surface area contributed by atoms with E-state index in [0.29, 0.717) is 5.38 Å². The van der Waals surface area contributed by atoms with Gasteiger partial charge in [0.15, 0.2) is 0 Å². The van der Waals surface area contributed by atoms with Gasteiger partial charge in [-0.05, 0) is 30.6 Å². The Morgan fingerprint density at radius 3 is 2.45 bits per heavy atom. The Kier molecular flexibility index (Phi) is 3.24. The molecule has 1 saturated carbocycles. The highest BCUT2D eigenvalue weighted by atomic mass is 35.5. The van der Waals surface area contributed by atoms with Gasteiger partial charge in [0.2, 0.25) is 0 Å². The third kappa shape index (κ3) is 1.90. The molecule has 0 aromatic rings. The average Bonchev–Trinajstić information content (AvgIpc) is 1.99. The fourth-order valence-corrected chi connectivity index (χ4v) is 2.60. The number of rotatable bonds is 3. The van der Waals surface area contributed by atoms with E-state index < -0.39 is 0 Å². The van der Waals surface area contributed by atoms with E-state index in [1.54, 1.807) is 0 Å². The highest BCUT2D eigenvalue weighted by Crippen LogP contribution is 2.44. The summed E-state index contributed by atoms with van der Waals surface area (Å²) in [5, 5.41) is 0.450. The Morgan fingerprint density at radius 2 is 2.09 bits per heavy atom. The van der Waals surface area contributed by atoms with Crippen molar-refractivity contribution >= 4 is 11.6 Å². The number of alkyl halides is 1. The van der Waals surface area contributed by atoms with Gasteiger partial charge in [0, 0.05) is 5.38 Å². The van der Waals surface area contributed by atoms with Crippen LogP contribution in [0.5, 0.6) is 0 Å². The lowest BCUT2D eigenvalue weighted by Gasteiger charge is -2.43. The van der Waals surface area contributed by atoms with E-state index in [4.69, 9.17) is 11.6 Å². The van der Waals surface area contributed by atoms with Crippen LogP contribution in [-0.2, 0) is 0 Å². The molecule has 1 aliphatic rings. The molecule has 1 fully saturated rings. The first kappa shape index (κ1) is 9.38. The van der Waals surface area contributed by atoms with Gasteiger partial charge in [0.05, 0.1) is 0 Å². The molecule has 0 radical (unpaired) electrons. The first-order valence-electron chi connectivity index (χ1n) is 4.80.